The standard InChI is InChI=1S/C13H19BrN2O2.ClH/c1-2-3-12(15)13(17)16-8-9-18-11-6-4-10(14)5-7-11;/h4-7,12H,2-3,8-9,15H2,1H3,(H,16,17);1H. The number of carbonyl (C=O) groups excluding carboxylic acids is 1. The number of rotatable bonds is 7. The Hall–Kier alpha value is -0.780. The molecule has 1 aromatic rings. The second-order valence-corrected chi connectivity index (χ2v) is 4.90. The van der Waals surface area contributed by atoms with Gasteiger partial charge < -0.3 is 15.8 Å². The van der Waals surface area contributed by atoms with Crippen LogP contribution in [0, 0.1) is 0 Å². The van der Waals surface area contributed by atoms with Crippen molar-refractivity contribution < 1.29 is 9.53 Å². The monoisotopic (exact) mass is 350 g/mol. The van der Waals surface area contributed by atoms with Gasteiger partial charge in [-0.2, -0.15) is 0 Å². The molecule has 0 spiro atoms. The van der Waals surface area contributed by atoms with Crippen molar-refractivity contribution in [3.05, 3.63) is 28.7 Å². The van der Waals surface area contributed by atoms with Crippen LogP contribution in [0.25, 0.3) is 0 Å². The zero-order valence-corrected chi connectivity index (χ0v) is 13.3. The zero-order chi connectivity index (χ0) is 13.4. The van der Waals surface area contributed by atoms with Gasteiger partial charge in [0.15, 0.2) is 0 Å². The third kappa shape index (κ3) is 7.40. The third-order valence-electron chi connectivity index (χ3n) is 2.42. The van der Waals surface area contributed by atoms with E-state index in [9.17, 15) is 4.79 Å². The fourth-order valence-electron chi connectivity index (χ4n) is 1.45. The van der Waals surface area contributed by atoms with Crippen molar-refractivity contribution in [1.82, 2.24) is 5.32 Å². The van der Waals surface area contributed by atoms with Gasteiger partial charge in [-0.25, -0.2) is 0 Å². The Labute approximate surface area is 128 Å². The number of hydrogen-bond acceptors (Lipinski definition) is 3. The van der Waals surface area contributed by atoms with Crippen LogP contribution in [0.4, 0.5) is 0 Å². The van der Waals surface area contributed by atoms with Crippen molar-refractivity contribution in [3.63, 3.8) is 0 Å². The fraction of sp³-hybridized carbons (Fsp3) is 0.462. The predicted octanol–water partition coefficient (Wildman–Crippen LogP) is 2.49. The number of hydrogen-bond donors (Lipinski definition) is 2. The van der Waals surface area contributed by atoms with Gasteiger partial charge in [0, 0.05) is 4.47 Å². The number of amides is 1. The van der Waals surface area contributed by atoms with Crippen molar-refractivity contribution in [1.29, 1.82) is 0 Å². The maximum atomic E-state index is 11.5. The molecule has 1 aromatic carbocycles. The maximum absolute atomic E-state index is 11.5. The summed E-state index contributed by atoms with van der Waals surface area (Å²) < 4.78 is 6.48. The van der Waals surface area contributed by atoms with Crippen LogP contribution in [0.5, 0.6) is 5.75 Å². The molecule has 1 rings (SSSR count). The van der Waals surface area contributed by atoms with Crippen LogP contribution in [0.3, 0.4) is 0 Å². The molecule has 1 amide bonds. The molecular formula is C13H20BrClN2O2. The lowest BCUT2D eigenvalue weighted by atomic mass is 10.2. The SMILES string of the molecule is CCCC(N)C(=O)NCCOc1ccc(Br)cc1.Cl. The van der Waals surface area contributed by atoms with E-state index in [-0.39, 0.29) is 18.3 Å². The van der Waals surface area contributed by atoms with Gasteiger partial charge in [0.2, 0.25) is 5.91 Å². The van der Waals surface area contributed by atoms with Gasteiger partial charge in [0.05, 0.1) is 12.6 Å². The van der Waals surface area contributed by atoms with Crippen LogP contribution in [-0.2, 0) is 4.79 Å². The van der Waals surface area contributed by atoms with E-state index in [1.165, 1.54) is 0 Å². The van der Waals surface area contributed by atoms with E-state index < -0.39 is 6.04 Å². The van der Waals surface area contributed by atoms with Crippen LogP contribution in [0.15, 0.2) is 28.7 Å². The summed E-state index contributed by atoms with van der Waals surface area (Å²) in [7, 11) is 0. The molecule has 1 atom stereocenters. The molecule has 0 heterocycles. The largest absolute Gasteiger partial charge is 0.492 e. The average molecular weight is 352 g/mol. The average Bonchev–Trinajstić information content (AvgIpc) is 2.36. The van der Waals surface area contributed by atoms with Gasteiger partial charge in [0.1, 0.15) is 12.4 Å². The van der Waals surface area contributed by atoms with Crippen molar-refractivity contribution in [2.45, 2.75) is 25.8 Å². The van der Waals surface area contributed by atoms with E-state index in [1.807, 2.05) is 31.2 Å². The lowest BCUT2D eigenvalue weighted by Crippen LogP contribution is -2.41. The van der Waals surface area contributed by atoms with Crippen LogP contribution < -0.4 is 15.8 Å². The van der Waals surface area contributed by atoms with E-state index in [4.69, 9.17) is 10.5 Å². The Bertz CT molecular complexity index is 373. The van der Waals surface area contributed by atoms with Crippen molar-refractivity contribution >= 4 is 34.2 Å². The Balaban J connectivity index is 0.00000324. The third-order valence-corrected chi connectivity index (χ3v) is 2.95. The quantitative estimate of drug-likeness (QED) is 0.742. The van der Waals surface area contributed by atoms with E-state index in [0.29, 0.717) is 19.6 Å². The lowest BCUT2D eigenvalue weighted by Gasteiger charge is -2.11. The normalized spacial score (nSPS) is 11.3. The number of nitrogens with one attached hydrogen (secondary N) is 1. The second-order valence-electron chi connectivity index (χ2n) is 3.99. The number of nitrogens with two attached hydrogens (primary N) is 1. The van der Waals surface area contributed by atoms with Gasteiger partial charge in [-0.15, -0.1) is 12.4 Å². The second kappa shape index (κ2) is 10.1. The summed E-state index contributed by atoms with van der Waals surface area (Å²) in [5, 5.41) is 2.75. The van der Waals surface area contributed by atoms with Crippen molar-refractivity contribution in [2.75, 3.05) is 13.2 Å². The predicted molar refractivity (Wildman–Crippen MR) is 82.8 cm³/mol. The topological polar surface area (TPSA) is 64.4 Å². The van der Waals surface area contributed by atoms with E-state index in [1.54, 1.807) is 0 Å². The minimum absolute atomic E-state index is 0. The molecule has 0 saturated carbocycles. The number of benzene rings is 1. The van der Waals surface area contributed by atoms with Gasteiger partial charge in [-0.3, -0.25) is 4.79 Å². The van der Waals surface area contributed by atoms with Crippen LogP contribution in [-0.4, -0.2) is 25.1 Å². The highest BCUT2D eigenvalue weighted by Crippen LogP contribution is 2.15. The Morgan fingerprint density at radius 1 is 1.42 bits per heavy atom. The van der Waals surface area contributed by atoms with Crippen LogP contribution >= 0.6 is 28.3 Å². The smallest absolute Gasteiger partial charge is 0.237 e. The molecule has 108 valence electrons. The summed E-state index contributed by atoms with van der Waals surface area (Å²) in [5.74, 6) is 0.668. The van der Waals surface area contributed by atoms with E-state index in [2.05, 4.69) is 21.2 Å². The van der Waals surface area contributed by atoms with Gasteiger partial charge >= 0.3 is 0 Å². The van der Waals surface area contributed by atoms with Gasteiger partial charge in [-0.05, 0) is 30.7 Å². The minimum atomic E-state index is -0.414. The van der Waals surface area contributed by atoms with E-state index >= 15 is 0 Å². The summed E-state index contributed by atoms with van der Waals surface area (Å²) in [4.78, 5) is 11.5. The molecule has 1 unspecified atom stereocenters. The molecular weight excluding hydrogens is 332 g/mol. The zero-order valence-electron chi connectivity index (χ0n) is 10.9. The van der Waals surface area contributed by atoms with Gasteiger partial charge in [-0.1, -0.05) is 29.3 Å². The summed E-state index contributed by atoms with van der Waals surface area (Å²) >= 11 is 3.35. The Morgan fingerprint density at radius 2 is 2.05 bits per heavy atom. The highest BCUT2D eigenvalue weighted by Gasteiger charge is 2.10. The molecule has 0 bridgehead atoms. The van der Waals surface area contributed by atoms with E-state index in [0.717, 1.165) is 16.6 Å². The molecule has 19 heavy (non-hydrogen) atoms. The first-order valence-electron chi connectivity index (χ1n) is 6.05. The summed E-state index contributed by atoms with van der Waals surface area (Å²) in [6.07, 6.45) is 1.61. The first-order chi connectivity index (χ1) is 8.63. The molecule has 0 radical (unpaired) electrons. The summed E-state index contributed by atoms with van der Waals surface area (Å²) in [6, 6.07) is 7.14. The van der Waals surface area contributed by atoms with Gasteiger partial charge in [0.25, 0.3) is 0 Å². The highest BCUT2D eigenvalue weighted by atomic mass is 79.9. The molecule has 0 aliphatic heterocycles. The molecule has 0 aromatic heterocycles. The molecule has 0 fully saturated rings. The maximum Gasteiger partial charge on any atom is 0.237 e. The molecule has 0 aliphatic carbocycles. The molecule has 4 nitrogen and oxygen atoms in total. The summed E-state index contributed by atoms with van der Waals surface area (Å²) in [5.41, 5.74) is 5.68. The summed E-state index contributed by atoms with van der Waals surface area (Å²) in [6.45, 7) is 2.91. The van der Waals surface area contributed by atoms with Crippen molar-refractivity contribution in [3.8, 4) is 5.75 Å². The number of carbonyl (C=O) groups is 1. The fourth-order valence-corrected chi connectivity index (χ4v) is 1.71. The number of halogens is 2. The van der Waals surface area contributed by atoms with Crippen LogP contribution in [0.1, 0.15) is 19.8 Å². The minimum Gasteiger partial charge on any atom is -0.492 e. The molecule has 3 N–H and O–H groups in total. The highest BCUT2D eigenvalue weighted by molar-refractivity contribution is 9.10. The first-order valence-corrected chi connectivity index (χ1v) is 6.84. The van der Waals surface area contributed by atoms with Crippen molar-refractivity contribution in [2.24, 2.45) is 5.73 Å². The molecule has 0 saturated heterocycles. The molecule has 0 aliphatic rings. The first kappa shape index (κ1) is 18.2. The lowest BCUT2D eigenvalue weighted by molar-refractivity contribution is -0.122. The Morgan fingerprint density at radius 3 is 2.63 bits per heavy atom. The van der Waals surface area contributed by atoms with Crippen LogP contribution in [0.2, 0.25) is 0 Å². The number of ether oxygens (including phenoxy) is 1. The molecule has 6 heteroatoms. The Kier molecular flexibility index (Phi) is 9.65.